The van der Waals surface area contributed by atoms with Crippen LogP contribution in [-0.4, -0.2) is 36.0 Å². The first-order valence-corrected chi connectivity index (χ1v) is 15.7. The number of aromatic amines is 1. The highest BCUT2D eigenvalue weighted by Crippen LogP contribution is 2.44. The summed E-state index contributed by atoms with van der Waals surface area (Å²) in [5.74, 6) is 2.63. The van der Waals surface area contributed by atoms with Gasteiger partial charge in [0, 0.05) is 47.9 Å². The Hall–Kier alpha value is -3.29. The molecule has 0 amide bonds. The van der Waals surface area contributed by atoms with Crippen LogP contribution in [0.3, 0.4) is 0 Å². The van der Waals surface area contributed by atoms with E-state index >= 15 is 0 Å². The fourth-order valence-corrected chi connectivity index (χ4v) is 7.26. The molecule has 5 rings (SSSR count). The second-order valence-electron chi connectivity index (χ2n) is 12.9. The molecule has 3 atom stereocenters. The largest absolute Gasteiger partial charge is 0.328 e. The second-order valence-corrected chi connectivity index (χ2v) is 12.9. The number of aliphatic imine (C=N–C) groups is 1. The number of hydrogen-bond donors (Lipinski definition) is 1. The lowest BCUT2D eigenvalue weighted by molar-refractivity contribution is 0.145. The highest BCUT2D eigenvalue weighted by atomic mass is 16.1. The molecule has 3 heterocycles. The third kappa shape index (κ3) is 6.02. The van der Waals surface area contributed by atoms with Crippen molar-refractivity contribution in [3.63, 3.8) is 0 Å². The summed E-state index contributed by atoms with van der Waals surface area (Å²) in [7, 11) is 0. The monoisotopic (exact) mass is 557 g/mol. The van der Waals surface area contributed by atoms with Crippen LogP contribution < -0.4 is 5.69 Å². The molecule has 3 unspecified atom stereocenters. The number of benzene rings is 1. The highest BCUT2D eigenvalue weighted by molar-refractivity contribution is 5.65. The first-order valence-electron chi connectivity index (χ1n) is 15.7. The fourth-order valence-electron chi connectivity index (χ4n) is 7.26. The normalized spacial score (nSPS) is 24.8. The maximum absolute atomic E-state index is 14.6. The van der Waals surface area contributed by atoms with Gasteiger partial charge in [0.1, 0.15) is 0 Å². The summed E-state index contributed by atoms with van der Waals surface area (Å²) in [6.07, 6.45) is 16.9. The van der Waals surface area contributed by atoms with Gasteiger partial charge in [-0.15, -0.1) is 10.2 Å². The molecule has 1 aliphatic carbocycles. The average molecular weight is 558 g/mol. The van der Waals surface area contributed by atoms with Gasteiger partial charge in [0.2, 0.25) is 5.82 Å². The van der Waals surface area contributed by atoms with E-state index in [1.807, 2.05) is 24.5 Å². The lowest BCUT2D eigenvalue weighted by Gasteiger charge is -2.37. The van der Waals surface area contributed by atoms with Crippen molar-refractivity contribution in [2.24, 2.45) is 28.7 Å². The Morgan fingerprint density at radius 1 is 1.10 bits per heavy atom. The van der Waals surface area contributed by atoms with Crippen LogP contribution in [0.25, 0.3) is 11.4 Å². The van der Waals surface area contributed by atoms with E-state index in [-0.39, 0.29) is 11.7 Å². The summed E-state index contributed by atoms with van der Waals surface area (Å²) in [5.41, 5.74) is 2.91. The van der Waals surface area contributed by atoms with Crippen molar-refractivity contribution in [3.8, 4) is 11.4 Å². The first-order chi connectivity index (χ1) is 19.8. The SMILES string of the molecule is CCCCc1cn(C2C(C(C)C)CCCCC2C(C)C)c(=O)n1CC1(c2cccc(-c3nn[nH]n3)c2)C=CN=CC1. The standard InChI is InChI=1S/C33H47N7O/c1-6-7-13-27-21-39(30-28(23(2)3)14-8-9-15-29(30)24(4)5)32(41)40(27)22-33(16-18-34-19-17-33)26-12-10-11-25(20-26)31-35-37-38-36-31/h10-12,16,18-21,23-24,28-30H,6-9,13-15,17,22H2,1-5H3,(H,35,36,37,38). The molecular weight excluding hydrogens is 510 g/mol. The Morgan fingerprint density at radius 2 is 1.85 bits per heavy atom. The van der Waals surface area contributed by atoms with Gasteiger partial charge in [-0.2, -0.15) is 5.21 Å². The molecule has 0 saturated heterocycles. The topological polar surface area (TPSA) is 93.8 Å². The zero-order chi connectivity index (χ0) is 29.0. The molecule has 1 aromatic carbocycles. The highest BCUT2D eigenvalue weighted by Gasteiger charge is 2.39. The summed E-state index contributed by atoms with van der Waals surface area (Å²) in [5, 5.41) is 14.7. The average Bonchev–Trinajstić information content (AvgIpc) is 3.55. The summed E-state index contributed by atoms with van der Waals surface area (Å²) >= 11 is 0. The van der Waals surface area contributed by atoms with Crippen LogP contribution in [0, 0.1) is 23.7 Å². The van der Waals surface area contributed by atoms with Gasteiger partial charge >= 0.3 is 5.69 Å². The first kappa shape index (κ1) is 29.2. The molecule has 220 valence electrons. The molecule has 1 aliphatic heterocycles. The molecule has 41 heavy (non-hydrogen) atoms. The van der Waals surface area contributed by atoms with Gasteiger partial charge in [-0.1, -0.05) is 78.2 Å². The maximum atomic E-state index is 14.6. The molecule has 0 bridgehead atoms. The molecule has 0 radical (unpaired) electrons. The molecule has 2 aromatic heterocycles. The van der Waals surface area contributed by atoms with E-state index in [2.05, 4.69) is 93.8 Å². The van der Waals surface area contributed by atoms with Crippen LogP contribution in [0.15, 0.2) is 52.5 Å². The summed E-state index contributed by atoms with van der Waals surface area (Å²) in [4.78, 5) is 19.1. The van der Waals surface area contributed by atoms with Crippen molar-refractivity contribution in [2.45, 2.75) is 104 Å². The minimum atomic E-state index is -0.406. The molecule has 3 aromatic rings. The third-order valence-corrected chi connectivity index (χ3v) is 9.63. The van der Waals surface area contributed by atoms with Gasteiger partial charge in [-0.3, -0.25) is 14.1 Å². The number of H-pyrrole nitrogens is 1. The van der Waals surface area contributed by atoms with E-state index in [1.165, 1.54) is 25.7 Å². The predicted octanol–water partition coefficient (Wildman–Crippen LogP) is 6.76. The lowest BCUT2D eigenvalue weighted by Crippen LogP contribution is -2.40. The van der Waals surface area contributed by atoms with Gasteiger partial charge in [-0.05, 0) is 72.6 Å². The van der Waals surface area contributed by atoms with Crippen LogP contribution >= 0.6 is 0 Å². The fraction of sp³-hybridized carbons (Fsp3) is 0.606. The van der Waals surface area contributed by atoms with Crippen molar-refractivity contribution in [2.75, 3.05) is 0 Å². The molecule has 1 fully saturated rings. The zero-order valence-electron chi connectivity index (χ0n) is 25.5. The van der Waals surface area contributed by atoms with Crippen molar-refractivity contribution in [3.05, 3.63) is 64.5 Å². The summed E-state index contributed by atoms with van der Waals surface area (Å²) < 4.78 is 4.27. The number of aromatic nitrogens is 6. The summed E-state index contributed by atoms with van der Waals surface area (Å²) in [6.45, 7) is 12.2. The molecular formula is C33H47N7O. The van der Waals surface area contributed by atoms with E-state index in [9.17, 15) is 4.79 Å². The van der Waals surface area contributed by atoms with Crippen molar-refractivity contribution < 1.29 is 0 Å². The molecule has 1 saturated carbocycles. The van der Waals surface area contributed by atoms with E-state index in [0.717, 1.165) is 42.5 Å². The number of nitrogens with one attached hydrogen (secondary N) is 1. The van der Waals surface area contributed by atoms with Crippen LogP contribution in [0.1, 0.15) is 96.9 Å². The maximum Gasteiger partial charge on any atom is 0.328 e. The number of hydrogen-bond acceptors (Lipinski definition) is 5. The van der Waals surface area contributed by atoms with Crippen molar-refractivity contribution in [1.29, 1.82) is 0 Å². The molecule has 0 spiro atoms. The number of nitrogens with zero attached hydrogens (tertiary/aromatic N) is 6. The van der Waals surface area contributed by atoms with E-state index in [0.29, 0.717) is 36.0 Å². The third-order valence-electron chi connectivity index (χ3n) is 9.63. The van der Waals surface area contributed by atoms with Crippen LogP contribution in [-0.2, 0) is 18.4 Å². The number of allylic oxidation sites excluding steroid dienone is 1. The van der Waals surface area contributed by atoms with Gasteiger partial charge in [0.05, 0.1) is 0 Å². The summed E-state index contributed by atoms with van der Waals surface area (Å²) in [6, 6.07) is 8.56. The van der Waals surface area contributed by atoms with E-state index < -0.39 is 5.41 Å². The minimum absolute atomic E-state index is 0.143. The number of aryl methyl sites for hydroxylation is 1. The Kier molecular flexibility index (Phi) is 9.05. The Bertz CT molecular complexity index is 1380. The molecule has 1 N–H and O–H groups in total. The van der Waals surface area contributed by atoms with Gasteiger partial charge < -0.3 is 0 Å². The predicted molar refractivity (Wildman–Crippen MR) is 165 cm³/mol. The molecule has 2 aliphatic rings. The number of imidazole rings is 1. The lowest BCUT2D eigenvalue weighted by atomic mass is 9.76. The van der Waals surface area contributed by atoms with E-state index in [4.69, 9.17) is 0 Å². The van der Waals surface area contributed by atoms with Gasteiger partial charge in [0.25, 0.3) is 0 Å². The van der Waals surface area contributed by atoms with Crippen molar-refractivity contribution in [1.82, 2.24) is 29.8 Å². The second kappa shape index (κ2) is 12.7. The number of unbranched alkanes of at least 4 members (excludes halogenated alkanes) is 1. The van der Waals surface area contributed by atoms with Crippen LogP contribution in [0.5, 0.6) is 0 Å². The van der Waals surface area contributed by atoms with Crippen molar-refractivity contribution >= 4 is 6.21 Å². The van der Waals surface area contributed by atoms with Crippen LogP contribution in [0.4, 0.5) is 0 Å². The molecule has 8 heteroatoms. The number of tetrazole rings is 1. The van der Waals surface area contributed by atoms with E-state index in [1.54, 1.807) is 0 Å². The minimum Gasteiger partial charge on any atom is -0.295 e. The Morgan fingerprint density at radius 3 is 2.46 bits per heavy atom. The number of rotatable bonds is 10. The zero-order valence-corrected chi connectivity index (χ0v) is 25.5. The van der Waals surface area contributed by atoms with Crippen LogP contribution in [0.2, 0.25) is 0 Å². The molecule has 8 nitrogen and oxygen atoms in total. The quantitative estimate of drug-likeness (QED) is 0.279. The Labute approximate surface area is 244 Å². The van der Waals surface area contributed by atoms with Gasteiger partial charge in [0.15, 0.2) is 0 Å². The Balaban J connectivity index is 1.62. The smallest absolute Gasteiger partial charge is 0.295 e. The van der Waals surface area contributed by atoms with Gasteiger partial charge in [-0.25, -0.2) is 4.79 Å².